The molecule has 0 spiro atoms. The van der Waals surface area contributed by atoms with Crippen LogP contribution in [0.1, 0.15) is 11.1 Å². The fourth-order valence-corrected chi connectivity index (χ4v) is 4.09. The molecule has 2 aromatic rings. The highest BCUT2D eigenvalue weighted by Gasteiger charge is 2.25. The van der Waals surface area contributed by atoms with Crippen LogP contribution in [-0.2, 0) is 16.6 Å². The van der Waals surface area contributed by atoms with Gasteiger partial charge in [0.15, 0.2) is 0 Å². The van der Waals surface area contributed by atoms with Crippen molar-refractivity contribution in [1.82, 2.24) is 4.90 Å². The molecule has 2 aromatic carbocycles. The molecule has 2 N–H and O–H groups in total. The molecule has 8 nitrogen and oxygen atoms in total. The van der Waals surface area contributed by atoms with Gasteiger partial charge < -0.3 is 4.90 Å². The monoisotopic (exact) mass is 390 g/mol. The molecule has 1 aliphatic heterocycles. The summed E-state index contributed by atoms with van der Waals surface area (Å²) in [7, 11) is -4.07. The Labute approximate surface area is 158 Å². The second-order valence-electron chi connectivity index (χ2n) is 6.71. The number of nitro benzene ring substituents is 1. The van der Waals surface area contributed by atoms with Crippen molar-refractivity contribution in [2.45, 2.75) is 18.4 Å². The number of hydrogen-bond donors (Lipinski definition) is 1. The predicted molar refractivity (Wildman–Crippen MR) is 103 cm³/mol. The normalized spacial score (nSPS) is 15.7. The van der Waals surface area contributed by atoms with Crippen LogP contribution in [0.2, 0.25) is 0 Å². The quantitative estimate of drug-likeness (QED) is 0.616. The van der Waals surface area contributed by atoms with Gasteiger partial charge in [0.1, 0.15) is 4.90 Å². The first-order valence-electron chi connectivity index (χ1n) is 8.58. The molecule has 0 radical (unpaired) electrons. The lowest BCUT2D eigenvalue weighted by molar-refractivity contribution is -0.385. The standard InChI is InChI=1S/C18H22N4O4S/c1-14-3-2-4-15(11-14)13-20-7-9-21(10-8-20)17-6-5-16(22(23)24)12-18(17)27(19,25)26/h2-6,11-12H,7-10,13H2,1H3,(H2,19,25,26). The third-order valence-corrected chi connectivity index (χ3v) is 5.60. The van der Waals surface area contributed by atoms with Gasteiger partial charge in [-0.15, -0.1) is 0 Å². The Morgan fingerprint density at radius 2 is 1.81 bits per heavy atom. The van der Waals surface area contributed by atoms with E-state index in [1.54, 1.807) is 0 Å². The van der Waals surface area contributed by atoms with E-state index in [9.17, 15) is 18.5 Å². The summed E-state index contributed by atoms with van der Waals surface area (Å²) in [6.07, 6.45) is 0. The van der Waals surface area contributed by atoms with Crippen LogP contribution >= 0.6 is 0 Å². The van der Waals surface area contributed by atoms with Crippen molar-refractivity contribution in [2.75, 3.05) is 31.1 Å². The summed E-state index contributed by atoms with van der Waals surface area (Å²) >= 11 is 0. The number of nitrogens with zero attached hydrogens (tertiary/aromatic N) is 3. The number of hydrogen-bond acceptors (Lipinski definition) is 6. The zero-order valence-corrected chi connectivity index (χ0v) is 15.9. The third-order valence-electron chi connectivity index (χ3n) is 4.66. The molecule has 9 heteroatoms. The van der Waals surface area contributed by atoms with E-state index in [1.807, 2.05) is 11.0 Å². The summed E-state index contributed by atoms with van der Waals surface area (Å²) in [4.78, 5) is 14.3. The molecule has 1 aliphatic rings. The lowest BCUT2D eigenvalue weighted by Gasteiger charge is -2.36. The fourth-order valence-electron chi connectivity index (χ4n) is 3.32. The highest BCUT2D eigenvalue weighted by molar-refractivity contribution is 7.89. The summed E-state index contributed by atoms with van der Waals surface area (Å²) in [6, 6.07) is 12.2. The van der Waals surface area contributed by atoms with Gasteiger partial charge in [0, 0.05) is 44.9 Å². The number of benzene rings is 2. The summed E-state index contributed by atoms with van der Waals surface area (Å²) in [6.45, 7) is 5.64. The average molecular weight is 390 g/mol. The van der Waals surface area contributed by atoms with E-state index in [1.165, 1.54) is 23.3 Å². The molecule has 1 heterocycles. The molecule has 27 heavy (non-hydrogen) atoms. The summed E-state index contributed by atoms with van der Waals surface area (Å²) in [5, 5.41) is 16.2. The van der Waals surface area contributed by atoms with E-state index in [4.69, 9.17) is 5.14 Å². The second-order valence-corrected chi connectivity index (χ2v) is 8.24. The smallest absolute Gasteiger partial charge is 0.270 e. The Hall–Kier alpha value is -2.49. The Morgan fingerprint density at radius 3 is 2.41 bits per heavy atom. The predicted octanol–water partition coefficient (Wildman–Crippen LogP) is 1.87. The van der Waals surface area contributed by atoms with E-state index in [0.29, 0.717) is 18.8 Å². The van der Waals surface area contributed by atoms with Crippen molar-refractivity contribution < 1.29 is 13.3 Å². The van der Waals surface area contributed by atoms with Crippen molar-refractivity contribution >= 4 is 21.4 Å². The van der Waals surface area contributed by atoms with Crippen LogP contribution in [0.25, 0.3) is 0 Å². The largest absolute Gasteiger partial charge is 0.368 e. The maximum atomic E-state index is 11.9. The lowest BCUT2D eigenvalue weighted by atomic mass is 10.1. The van der Waals surface area contributed by atoms with Crippen LogP contribution in [0.3, 0.4) is 0 Å². The van der Waals surface area contributed by atoms with Crippen LogP contribution in [0, 0.1) is 17.0 Å². The summed E-state index contributed by atoms with van der Waals surface area (Å²) in [5.74, 6) is 0. The zero-order chi connectivity index (χ0) is 19.6. The molecule has 0 unspecified atom stereocenters. The second kappa shape index (κ2) is 7.63. The van der Waals surface area contributed by atoms with Gasteiger partial charge >= 0.3 is 0 Å². The molecule has 0 amide bonds. The van der Waals surface area contributed by atoms with Crippen molar-refractivity contribution in [3.05, 3.63) is 63.7 Å². The van der Waals surface area contributed by atoms with Gasteiger partial charge in [0.25, 0.3) is 5.69 Å². The molecule has 0 aromatic heterocycles. The minimum absolute atomic E-state index is 0.205. The first-order valence-corrected chi connectivity index (χ1v) is 10.1. The molecular formula is C18H22N4O4S. The van der Waals surface area contributed by atoms with Gasteiger partial charge in [0.05, 0.1) is 10.6 Å². The van der Waals surface area contributed by atoms with E-state index in [0.717, 1.165) is 25.7 Å². The number of primary sulfonamides is 1. The van der Waals surface area contributed by atoms with Crippen LogP contribution in [-0.4, -0.2) is 44.4 Å². The molecular weight excluding hydrogens is 368 g/mol. The molecule has 144 valence electrons. The number of piperazine rings is 1. The van der Waals surface area contributed by atoms with Crippen molar-refractivity contribution in [3.8, 4) is 0 Å². The number of rotatable bonds is 5. The van der Waals surface area contributed by atoms with E-state index in [-0.39, 0.29) is 10.6 Å². The van der Waals surface area contributed by atoms with E-state index < -0.39 is 14.9 Å². The van der Waals surface area contributed by atoms with Crippen molar-refractivity contribution in [1.29, 1.82) is 0 Å². The maximum Gasteiger partial charge on any atom is 0.270 e. The molecule has 1 saturated heterocycles. The average Bonchev–Trinajstić information content (AvgIpc) is 2.61. The van der Waals surface area contributed by atoms with Crippen LogP contribution in [0.4, 0.5) is 11.4 Å². The number of non-ortho nitro benzene ring substituents is 1. The van der Waals surface area contributed by atoms with Gasteiger partial charge in [-0.2, -0.15) is 0 Å². The SMILES string of the molecule is Cc1cccc(CN2CCN(c3ccc([N+](=O)[O-])cc3S(N)(=O)=O)CC2)c1. The molecule has 0 saturated carbocycles. The Morgan fingerprint density at radius 1 is 1.11 bits per heavy atom. The Balaban J connectivity index is 1.75. The number of sulfonamides is 1. The number of aryl methyl sites for hydroxylation is 1. The summed E-state index contributed by atoms with van der Waals surface area (Å²) < 4.78 is 23.9. The number of nitrogens with two attached hydrogens (primary N) is 1. The Kier molecular flexibility index (Phi) is 5.45. The highest BCUT2D eigenvalue weighted by Crippen LogP contribution is 2.29. The minimum Gasteiger partial charge on any atom is -0.368 e. The van der Waals surface area contributed by atoms with Crippen molar-refractivity contribution in [3.63, 3.8) is 0 Å². The topological polar surface area (TPSA) is 110 Å². The Bertz CT molecular complexity index is 954. The van der Waals surface area contributed by atoms with Gasteiger partial charge in [-0.1, -0.05) is 29.8 Å². The van der Waals surface area contributed by atoms with Crippen molar-refractivity contribution in [2.24, 2.45) is 5.14 Å². The lowest BCUT2D eigenvalue weighted by Crippen LogP contribution is -2.46. The molecule has 1 fully saturated rings. The van der Waals surface area contributed by atoms with E-state index in [2.05, 4.69) is 30.0 Å². The van der Waals surface area contributed by atoms with Gasteiger partial charge in [-0.25, -0.2) is 13.6 Å². The maximum absolute atomic E-state index is 11.9. The molecule has 0 atom stereocenters. The molecule has 0 bridgehead atoms. The fraction of sp³-hybridized carbons (Fsp3) is 0.333. The summed E-state index contributed by atoms with van der Waals surface area (Å²) in [5.41, 5.74) is 2.58. The van der Waals surface area contributed by atoms with Crippen LogP contribution in [0.15, 0.2) is 47.4 Å². The number of anilines is 1. The van der Waals surface area contributed by atoms with Crippen LogP contribution in [0.5, 0.6) is 0 Å². The molecule has 3 rings (SSSR count). The highest BCUT2D eigenvalue weighted by atomic mass is 32.2. The number of nitro groups is 1. The van der Waals surface area contributed by atoms with Crippen LogP contribution < -0.4 is 10.0 Å². The van der Waals surface area contributed by atoms with Gasteiger partial charge in [-0.05, 0) is 18.6 Å². The first-order chi connectivity index (χ1) is 12.7. The molecule has 0 aliphatic carbocycles. The third kappa shape index (κ3) is 4.62. The minimum atomic E-state index is -4.07. The van der Waals surface area contributed by atoms with Gasteiger partial charge in [-0.3, -0.25) is 15.0 Å². The van der Waals surface area contributed by atoms with Gasteiger partial charge in [0.2, 0.25) is 10.0 Å². The first kappa shape index (κ1) is 19.3. The van der Waals surface area contributed by atoms with E-state index >= 15 is 0 Å². The zero-order valence-electron chi connectivity index (χ0n) is 15.0.